The summed E-state index contributed by atoms with van der Waals surface area (Å²) in [6, 6.07) is 14.4. The van der Waals surface area contributed by atoms with Crippen LogP contribution in [-0.2, 0) is 4.79 Å². The molecule has 2 aromatic carbocycles. The molecule has 0 aliphatic carbocycles. The number of piperidine rings is 1. The molecule has 2 atom stereocenters. The van der Waals surface area contributed by atoms with E-state index in [0.29, 0.717) is 42.1 Å². The number of hydrogen-bond acceptors (Lipinski definition) is 4. The highest BCUT2D eigenvalue weighted by molar-refractivity contribution is 5.94. The number of aromatic nitrogens is 2. The smallest absolute Gasteiger partial charge is 0.279 e. The van der Waals surface area contributed by atoms with Crippen LogP contribution in [0.15, 0.2) is 53.3 Å². The van der Waals surface area contributed by atoms with Crippen LogP contribution in [0.3, 0.4) is 0 Å². The third-order valence-electron chi connectivity index (χ3n) is 6.19. The maximum atomic E-state index is 12.9. The molecule has 0 bridgehead atoms. The Labute approximate surface area is 173 Å². The van der Waals surface area contributed by atoms with Crippen LogP contribution in [0.1, 0.15) is 28.9 Å². The van der Waals surface area contributed by atoms with Gasteiger partial charge in [0.1, 0.15) is 0 Å². The molecule has 2 aliphatic rings. The van der Waals surface area contributed by atoms with Crippen LogP contribution in [0.4, 0.5) is 0 Å². The van der Waals surface area contributed by atoms with Gasteiger partial charge in [-0.05, 0) is 49.6 Å². The molecule has 1 N–H and O–H groups in total. The van der Waals surface area contributed by atoms with Gasteiger partial charge in [0.2, 0.25) is 5.91 Å². The van der Waals surface area contributed by atoms with Crippen molar-refractivity contribution in [2.75, 3.05) is 13.1 Å². The maximum Gasteiger partial charge on any atom is 0.279 e. The van der Waals surface area contributed by atoms with E-state index in [1.165, 1.54) is 4.68 Å². The number of likely N-dealkylation sites (tertiary alicyclic amines) is 1. The van der Waals surface area contributed by atoms with Gasteiger partial charge in [0.25, 0.3) is 11.5 Å². The van der Waals surface area contributed by atoms with E-state index in [-0.39, 0.29) is 23.4 Å². The Morgan fingerprint density at radius 2 is 1.80 bits per heavy atom. The van der Waals surface area contributed by atoms with Gasteiger partial charge >= 0.3 is 0 Å². The van der Waals surface area contributed by atoms with Crippen LogP contribution in [-0.4, -0.2) is 45.6 Å². The summed E-state index contributed by atoms with van der Waals surface area (Å²) in [5.74, 6) is 0.349. The summed E-state index contributed by atoms with van der Waals surface area (Å²) in [4.78, 5) is 39.2. The number of rotatable bonds is 2. The molecule has 3 aromatic rings. The lowest BCUT2D eigenvalue weighted by Gasteiger charge is -2.34. The van der Waals surface area contributed by atoms with E-state index >= 15 is 0 Å². The molecular weight excluding hydrogens is 380 g/mol. The summed E-state index contributed by atoms with van der Waals surface area (Å²) in [6.07, 6.45) is 1.40. The second-order valence-corrected chi connectivity index (χ2v) is 8.07. The quantitative estimate of drug-likeness (QED) is 0.711. The fraction of sp³-hybridized carbons (Fsp3) is 0.304. The minimum Gasteiger partial charge on any atom is -0.351 e. The Hall–Kier alpha value is -3.48. The summed E-state index contributed by atoms with van der Waals surface area (Å²) in [5, 5.41) is 8.88. The zero-order valence-corrected chi connectivity index (χ0v) is 16.7. The first-order chi connectivity index (χ1) is 14.5. The van der Waals surface area contributed by atoms with Crippen molar-refractivity contribution >= 4 is 22.6 Å². The van der Waals surface area contributed by atoms with E-state index in [1.54, 1.807) is 35.2 Å². The highest BCUT2D eigenvalue weighted by Crippen LogP contribution is 2.27. The van der Waals surface area contributed by atoms with Crippen LogP contribution in [0.5, 0.6) is 0 Å². The number of carbonyl (C=O) groups is 2. The minimum atomic E-state index is -0.186. The molecule has 5 rings (SSSR count). The Kier molecular flexibility index (Phi) is 4.38. The number of nitrogens with zero attached hydrogens (tertiary/aromatic N) is 3. The van der Waals surface area contributed by atoms with Gasteiger partial charge in [0, 0.05) is 36.5 Å². The lowest BCUT2D eigenvalue weighted by molar-refractivity contribution is -0.119. The van der Waals surface area contributed by atoms with Crippen molar-refractivity contribution in [2.24, 2.45) is 5.92 Å². The molecule has 2 fully saturated rings. The van der Waals surface area contributed by atoms with Gasteiger partial charge in [-0.1, -0.05) is 18.2 Å². The summed E-state index contributed by atoms with van der Waals surface area (Å²) < 4.78 is 1.38. The zero-order valence-electron chi connectivity index (χ0n) is 16.7. The topological polar surface area (TPSA) is 84.3 Å². The molecule has 2 aliphatic heterocycles. The van der Waals surface area contributed by atoms with Gasteiger partial charge in [0.05, 0.1) is 16.8 Å². The summed E-state index contributed by atoms with van der Waals surface area (Å²) in [7, 11) is 0. The molecule has 7 nitrogen and oxygen atoms in total. The van der Waals surface area contributed by atoms with Crippen molar-refractivity contribution in [2.45, 2.75) is 25.8 Å². The van der Waals surface area contributed by atoms with Gasteiger partial charge in [-0.15, -0.1) is 0 Å². The van der Waals surface area contributed by atoms with Crippen molar-refractivity contribution in [3.63, 3.8) is 0 Å². The number of fused-ring (bicyclic) bond motifs is 2. The average molecular weight is 402 g/mol. The Bertz CT molecular complexity index is 1220. The first-order valence-corrected chi connectivity index (χ1v) is 10.2. The first kappa shape index (κ1) is 18.5. The van der Waals surface area contributed by atoms with E-state index in [2.05, 4.69) is 10.4 Å². The molecule has 30 heavy (non-hydrogen) atoms. The molecule has 152 valence electrons. The lowest BCUT2D eigenvalue weighted by Crippen LogP contribution is -2.49. The zero-order chi connectivity index (χ0) is 20.8. The Morgan fingerprint density at radius 1 is 1.07 bits per heavy atom. The molecule has 7 heteroatoms. The molecule has 0 spiro atoms. The van der Waals surface area contributed by atoms with Crippen LogP contribution < -0.4 is 10.9 Å². The Morgan fingerprint density at radius 3 is 2.57 bits per heavy atom. The predicted octanol–water partition coefficient (Wildman–Crippen LogP) is 2.04. The summed E-state index contributed by atoms with van der Waals surface area (Å²) >= 11 is 0. The second-order valence-electron chi connectivity index (χ2n) is 8.07. The van der Waals surface area contributed by atoms with E-state index in [4.69, 9.17) is 0 Å². The fourth-order valence-electron chi connectivity index (χ4n) is 4.55. The van der Waals surface area contributed by atoms with Gasteiger partial charge in [-0.25, -0.2) is 0 Å². The van der Waals surface area contributed by atoms with Crippen molar-refractivity contribution in [3.8, 4) is 5.69 Å². The predicted molar refractivity (Wildman–Crippen MR) is 113 cm³/mol. The lowest BCUT2D eigenvalue weighted by atomic mass is 9.92. The first-order valence-electron chi connectivity index (χ1n) is 10.2. The molecule has 0 radical (unpaired) electrons. The normalized spacial score (nSPS) is 20.8. The van der Waals surface area contributed by atoms with Crippen molar-refractivity contribution < 1.29 is 9.59 Å². The number of amides is 2. The van der Waals surface area contributed by atoms with Gasteiger partial charge in [-0.2, -0.15) is 9.78 Å². The summed E-state index contributed by atoms with van der Waals surface area (Å²) in [5.41, 5.74) is 1.76. The largest absolute Gasteiger partial charge is 0.351 e. The summed E-state index contributed by atoms with van der Waals surface area (Å²) in [6.45, 7) is 3.07. The molecule has 0 saturated carbocycles. The number of benzene rings is 2. The third kappa shape index (κ3) is 3.07. The van der Waals surface area contributed by atoms with Crippen molar-refractivity contribution in [1.82, 2.24) is 20.0 Å². The second kappa shape index (κ2) is 7.09. The van der Waals surface area contributed by atoms with Gasteiger partial charge in [0.15, 0.2) is 0 Å². The van der Waals surface area contributed by atoms with Crippen LogP contribution in [0.2, 0.25) is 0 Å². The van der Waals surface area contributed by atoms with Crippen LogP contribution in [0, 0.1) is 12.8 Å². The van der Waals surface area contributed by atoms with E-state index in [0.717, 1.165) is 17.5 Å². The van der Waals surface area contributed by atoms with Crippen LogP contribution in [0.25, 0.3) is 16.5 Å². The molecule has 2 amide bonds. The monoisotopic (exact) mass is 402 g/mol. The number of aryl methyl sites for hydroxylation is 1. The molecule has 1 aromatic heterocycles. The molecule has 0 unspecified atom stereocenters. The molecule has 3 heterocycles. The maximum absolute atomic E-state index is 12.9. The minimum absolute atomic E-state index is 0.0535. The van der Waals surface area contributed by atoms with Crippen molar-refractivity contribution in [1.29, 1.82) is 0 Å². The number of nitrogens with one attached hydrogen (secondary N) is 1. The molecular formula is C23H22N4O3. The standard InChI is InChI=1S/C23H22N4O3/c1-14-18-4-2-3-5-19(18)23(30)27(25-14)17-8-6-15(7-9-17)22(29)26-11-10-16-12-21(28)24-20(16)13-26/h2-9,16,20H,10-13H2,1H3,(H,24,28)/t16-,20-/m1/s1. The Balaban J connectivity index is 1.40. The highest BCUT2D eigenvalue weighted by Gasteiger charge is 2.38. The fourth-order valence-corrected chi connectivity index (χ4v) is 4.55. The number of carbonyl (C=O) groups excluding carboxylic acids is 2. The average Bonchev–Trinajstić information content (AvgIpc) is 3.15. The SMILES string of the molecule is Cc1nn(-c2ccc(C(=O)N3CC[C@@H]4CC(=O)N[C@@H]4C3)cc2)c(=O)c2ccccc12. The van der Waals surface area contributed by atoms with Gasteiger partial charge in [-0.3, -0.25) is 14.4 Å². The van der Waals surface area contributed by atoms with E-state index < -0.39 is 0 Å². The molecule has 2 saturated heterocycles. The third-order valence-corrected chi connectivity index (χ3v) is 6.19. The van der Waals surface area contributed by atoms with E-state index in [1.807, 2.05) is 25.1 Å². The van der Waals surface area contributed by atoms with Gasteiger partial charge < -0.3 is 10.2 Å². The number of hydrogen-bond donors (Lipinski definition) is 1. The van der Waals surface area contributed by atoms with Crippen LogP contribution >= 0.6 is 0 Å². The van der Waals surface area contributed by atoms with E-state index in [9.17, 15) is 14.4 Å². The highest BCUT2D eigenvalue weighted by atomic mass is 16.2. The van der Waals surface area contributed by atoms with Crippen molar-refractivity contribution in [3.05, 3.63) is 70.1 Å².